The summed E-state index contributed by atoms with van der Waals surface area (Å²) in [7, 11) is 3.96. The largest absolute Gasteiger partial charge is 0.378 e. The first kappa shape index (κ1) is 13.3. The highest BCUT2D eigenvalue weighted by Gasteiger charge is 2.11. The van der Waals surface area contributed by atoms with Crippen molar-refractivity contribution < 1.29 is 4.79 Å². The molecule has 1 heterocycles. The van der Waals surface area contributed by atoms with Crippen LogP contribution in [0.2, 0.25) is 0 Å². The molecule has 4 heteroatoms. The molecule has 0 atom stereocenters. The standard InChI is InChI=1S/C15H19N3O/c1-4-9-18-11-13(10-16-18)15(19)12-5-7-14(8-6-12)17(2)3/h5-8,10-11H,4,9H2,1-3H3. The molecule has 19 heavy (non-hydrogen) atoms. The topological polar surface area (TPSA) is 38.1 Å². The summed E-state index contributed by atoms with van der Waals surface area (Å²) in [6.45, 7) is 2.93. The number of hydrogen-bond acceptors (Lipinski definition) is 3. The second-order valence-electron chi connectivity index (χ2n) is 4.76. The van der Waals surface area contributed by atoms with Gasteiger partial charge in [0.25, 0.3) is 0 Å². The van der Waals surface area contributed by atoms with Crippen molar-refractivity contribution in [1.29, 1.82) is 0 Å². The molecule has 4 nitrogen and oxygen atoms in total. The molecule has 1 aromatic heterocycles. The van der Waals surface area contributed by atoms with Gasteiger partial charge < -0.3 is 4.90 Å². The van der Waals surface area contributed by atoms with Crippen molar-refractivity contribution >= 4 is 11.5 Å². The predicted molar refractivity (Wildman–Crippen MR) is 76.7 cm³/mol. The van der Waals surface area contributed by atoms with Crippen LogP contribution in [0.25, 0.3) is 0 Å². The Morgan fingerprint density at radius 3 is 2.47 bits per heavy atom. The van der Waals surface area contributed by atoms with Gasteiger partial charge >= 0.3 is 0 Å². The summed E-state index contributed by atoms with van der Waals surface area (Å²) >= 11 is 0. The van der Waals surface area contributed by atoms with Crippen LogP contribution in [0.15, 0.2) is 36.7 Å². The molecule has 0 saturated carbocycles. The van der Waals surface area contributed by atoms with E-state index < -0.39 is 0 Å². The van der Waals surface area contributed by atoms with Crippen LogP contribution in [0, 0.1) is 0 Å². The Morgan fingerprint density at radius 1 is 1.21 bits per heavy atom. The van der Waals surface area contributed by atoms with Gasteiger partial charge in [-0.1, -0.05) is 6.92 Å². The molecule has 1 aromatic carbocycles. The number of ketones is 1. The highest BCUT2D eigenvalue weighted by atomic mass is 16.1. The van der Waals surface area contributed by atoms with Crippen LogP contribution in [0.4, 0.5) is 5.69 Å². The Morgan fingerprint density at radius 2 is 1.89 bits per heavy atom. The molecule has 100 valence electrons. The lowest BCUT2D eigenvalue weighted by Crippen LogP contribution is -2.09. The zero-order chi connectivity index (χ0) is 13.8. The van der Waals surface area contributed by atoms with Crippen molar-refractivity contribution in [2.75, 3.05) is 19.0 Å². The third-order valence-electron chi connectivity index (χ3n) is 2.99. The van der Waals surface area contributed by atoms with E-state index in [0.29, 0.717) is 11.1 Å². The van der Waals surface area contributed by atoms with E-state index in [-0.39, 0.29) is 5.78 Å². The summed E-state index contributed by atoms with van der Waals surface area (Å²) in [5.74, 6) is 0.0210. The maximum Gasteiger partial charge on any atom is 0.196 e. The Balaban J connectivity index is 2.18. The Hall–Kier alpha value is -2.10. The zero-order valence-corrected chi connectivity index (χ0v) is 11.6. The highest BCUT2D eigenvalue weighted by molar-refractivity contribution is 6.08. The van der Waals surface area contributed by atoms with Gasteiger partial charge in [-0.05, 0) is 30.7 Å². The van der Waals surface area contributed by atoms with Gasteiger partial charge in [0, 0.05) is 38.1 Å². The van der Waals surface area contributed by atoms with Crippen LogP contribution >= 0.6 is 0 Å². The lowest BCUT2D eigenvalue weighted by Gasteiger charge is -2.12. The van der Waals surface area contributed by atoms with Crippen molar-refractivity contribution in [2.24, 2.45) is 0 Å². The third kappa shape index (κ3) is 3.02. The maximum atomic E-state index is 12.3. The highest BCUT2D eigenvalue weighted by Crippen LogP contribution is 2.15. The molecule has 2 rings (SSSR count). The van der Waals surface area contributed by atoms with E-state index in [1.807, 2.05) is 49.5 Å². The first-order valence-electron chi connectivity index (χ1n) is 6.46. The van der Waals surface area contributed by atoms with Crippen LogP contribution in [-0.4, -0.2) is 29.7 Å². The molecule has 0 aliphatic carbocycles. The van der Waals surface area contributed by atoms with Crippen molar-refractivity contribution in [1.82, 2.24) is 9.78 Å². The van der Waals surface area contributed by atoms with Crippen LogP contribution in [0.3, 0.4) is 0 Å². The van der Waals surface area contributed by atoms with E-state index in [0.717, 1.165) is 18.7 Å². The van der Waals surface area contributed by atoms with Gasteiger partial charge in [0.15, 0.2) is 5.78 Å². The van der Waals surface area contributed by atoms with E-state index in [1.165, 1.54) is 0 Å². The molecule has 0 fully saturated rings. The quantitative estimate of drug-likeness (QED) is 0.773. The van der Waals surface area contributed by atoms with E-state index in [4.69, 9.17) is 0 Å². The summed E-state index contributed by atoms with van der Waals surface area (Å²) in [6.07, 6.45) is 4.45. The maximum absolute atomic E-state index is 12.3. The number of aryl methyl sites for hydroxylation is 1. The van der Waals surface area contributed by atoms with Crippen molar-refractivity contribution in [2.45, 2.75) is 19.9 Å². The average Bonchev–Trinajstić information content (AvgIpc) is 2.87. The fourth-order valence-corrected chi connectivity index (χ4v) is 1.91. The lowest BCUT2D eigenvalue weighted by atomic mass is 10.1. The minimum absolute atomic E-state index is 0.0210. The molecular formula is C15H19N3O. The van der Waals surface area contributed by atoms with Crippen LogP contribution in [0.5, 0.6) is 0 Å². The van der Waals surface area contributed by atoms with Gasteiger partial charge in [0.2, 0.25) is 0 Å². The summed E-state index contributed by atoms with van der Waals surface area (Å²) < 4.78 is 1.81. The van der Waals surface area contributed by atoms with E-state index >= 15 is 0 Å². The predicted octanol–water partition coefficient (Wildman–Crippen LogP) is 2.59. The SMILES string of the molecule is CCCn1cc(C(=O)c2ccc(N(C)C)cc2)cn1. The number of anilines is 1. The second-order valence-corrected chi connectivity index (χ2v) is 4.76. The smallest absolute Gasteiger partial charge is 0.196 e. The summed E-state index contributed by atoms with van der Waals surface area (Å²) in [6, 6.07) is 7.61. The number of carbonyl (C=O) groups is 1. The van der Waals surface area contributed by atoms with E-state index in [1.54, 1.807) is 10.9 Å². The fourth-order valence-electron chi connectivity index (χ4n) is 1.91. The number of carbonyl (C=O) groups excluding carboxylic acids is 1. The van der Waals surface area contributed by atoms with Gasteiger partial charge in [-0.3, -0.25) is 9.48 Å². The monoisotopic (exact) mass is 257 g/mol. The Bertz CT molecular complexity index is 555. The molecule has 0 unspecified atom stereocenters. The molecule has 0 aliphatic rings. The average molecular weight is 257 g/mol. The molecule has 0 saturated heterocycles. The lowest BCUT2D eigenvalue weighted by molar-refractivity contribution is 0.103. The van der Waals surface area contributed by atoms with Crippen LogP contribution < -0.4 is 4.90 Å². The molecule has 0 aliphatic heterocycles. The molecular weight excluding hydrogens is 238 g/mol. The number of rotatable bonds is 5. The molecule has 0 bridgehead atoms. The van der Waals surface area contributed by atoms with Crippen LogP contribution in [0.1, 0.15) is 29.3 Å². The summed E-state index contributed by atoms with van der Waals surface area (Å²) in [5, 5.41) is 4.19. The number of benzene rings is 1. The molecule has 0 amide bonds. The normalized spacial score (nSPS) is 10.5. The third-order valence-corrected chi connectivity index (χ3v) is 2.99. The first-order valence-corrected chi connectivity index (χ1v) is 6.46. The first-order chi connectivity index (χ1) is 9.11. The number of aromatic nitrogens is 2. The van der Waals surface area contributed by atoms with Crippen LogP contribution in [-0.2, 0) is 6.54 Å². The zero-order valence-electron chi connectivity index (χ0n) is 11.6. The number of nitrogens with zero attached hydrogens (tertiary/aromatic N) is 3. The minimum Gasteiger partial charge on any atom is -0.378 e. The molecule has 0 radical (unpaired) electrons. The summed E-state index contributed by atoms with van der Waals surface area (Å²) in [4.78, 5) is 14.3. The fraction of sp³-hybridized carbons (Fsp3) is 0.333. The van der Waals surface area contributed by atoms with Gasteiger partial charge in [0.05, 0.1) is 11.8 Å². The minimum atomic E-state index is 0.0210. The van der Waals surface area contributed by atoms with E-state index in [9.17, 15) is 4.79 Å². The Labute approximate surface area is 113 Å². The molecule has 2 aromatic rings. The van der Waals surface area contributed by atoms with Gasteiger partial charge in [-0.25, -0.2) is 0 Å². The van der Waals surface area contributed by atoms with Crippen molar-refractivity contribution in [3.63, 3.8) is 0 Å². The van der Waals surface area contributed by atoms with Gasteiger partial charge in [-0.15, -0.1) is 0 Å². The van der Waals surface area contributed by atoms with Crippen molar-refractivity contribution in [3.8, 4) is 0 Å². The number of hydrogen-bond donors (Lipinski definition) is 0. The second kappa shape index (κ2) is 5.69. The molecule has 0 spiro atoms. The van der Waals surface area contributed by atoms with Crippen molar-refractivity contribution in [3.05, 3.63) is 47.8 Å². The van der Waals surface area contributed by atoms with Gasteiger partial charge in [-0.2, -0.15) is 5.10 Å². The summed E-state index contributed by atoms with van der Waals surface area (Å²) in [5.41, 5.74) is 2.42. The van der Waals surface area contributed by atoms with Gasteiger partial charge in [0.1, 0.15) is 0 Å². The molecule has 0 N–H and O–H groups in total. The Kier molecular flexibility index (Phi) is 4.00. The van der Waals surface area contributed by atoms with E-state index in [2.05, 4.69) is 12.0 Å².